The lowest BCUT2D eigenvalue weighted by Crippen LogP contribution is -2.39. The quantitative estimate of drug-likeness (QED) is 0.363. The maximum atomic E-state index is 12.5. The number of halogens is 1. The molecule has 1 N–H and O–H groups in total. The number of rotatable bonds is 7. The van der Waals surface area contributed by atoms with Crippen molar-refractivity contribution in [3.63, 3.8) is 0 Å². The summed E-state index contributed by atoms with van der Waals surface area (Å²) < 4.78 is 28.4. The number of anilines is 1. The topological polar surface area (TPSA) is 83.8 Å². The molecule has 0 spiro atoms. The summed E-state index contributed by atoms with van der Waals surface area (Å²) in [5.41, 5.74) is 9.21. The van der Waals surface area contributed by atoms with Crippen molar-refractivity contribution in [3.8, 4) is 5.69 Å². The number of benzene rings is 2. The zero-order chi connectivity index (χ0) is 24.3. The van der Waals surface area contributed by atoms with E-state index >= 15 is 0 Å². The van der Waals surface area contributed by atoms with Crippen molar-refractivity contribution in [1.82, 2.24) is 9.99 Å². The molecule has 0 saturated carbocycles. The van der Waals surface area contributed by atoms with Crippen LogP contribution in [0.5, 0.6) is 0 Å². The van der Waals surface area contributed by atoms with Gasteiger partial charge in [0.15, 0.2) is 0 Å². The number of carbonyl (C=O) groups excluding carboxylic acids is 1. The summed E-state index contributed by atoms with van der Waals surface area (Å²) >= 11 is 3.32. The Morgan fingerprint density at radius 2 is 1.73 bits per heavy atom. The van der Waals surface area contributed by atoms with Crippen LogP contribution in [0.15, 0.2) is 58.1 Å². The standard InChI is InChI=1S/C24H27BrN4O3S/c1-16-8-6-9-17(2)24(16)29-18(3)12-20(19(29)4)14-26-27-23(30)15-28(33(5,31)32)22-11-7-10-21(25)13-22/h6-14H,15H2,1-5H3,(H,27,30)/b26-14+. The normalized spacial score (nSPS) is 11.7. The lowest BCUT2D eigenvalue weighted by atomic mass is 10.1. The molecule has 2 aromatic carbocycles. The van der Waals surface area contributed by atoms with Crippen molar-refractivity contribution in [2.24, 2.45) is 5.10 Å². The number of amides is 1. The lowest BCUT2D eigenvalue weighted by molar-refractivity contribution is -0.119. The fraction of sp³-hybridized carbons (Fsp3) is 0.250. The van der Waals surface area contributed by atoms with Gasteiger partial charge in [-0.15, -0.1) is 0 Å². The Hall–Kier alpha value is -2.91. The SMILES string of the molecule is Cc1cccc(C)c1-n1c(C)cc(/C=N/NC(=O)CN(c2cccc(Br)c2)S(C)(=O)=O)c1C. The number of aryl methyl sites for hydroxylation is 3. The number of aromatic nitrogens is 1. The first-order valence-electron chi connectivity index (χ1n) is 10.3. The van der Waals surface area contributed by atoms with Gasteiger partial charge in [-0.2, -0.15) is 5.10 Å². The van der Waals surface area contributed by atoms with E-state index in [2.05, 4.69) is 57.0 Å². The third-order valence-electron chi connectivity index (χ3n) is 5.31. The van der Waals surface area contributed by atoms with Gasteiger partial charge in [0, 0.05) is 21.4 Å². The van der Waals surface area contributed by atoms with Crippen molar-refractivity contribution in [1.29, 1.82) is 0 Å². The Kier molecular flexibility index (Phi) is 7.44. The molecule has 0 aliphatic carbocycles. The fourth-order valence-electron chi connectivity index (χ4n) is 3.79. The number of nitrogens with one attached hydrogen (secondary N) is 1. The molecular weight excluding hydrogens is 504 g/mol. The molecule has 174 valence electrons. The van der Waals surface area contributed by atoms with Crippen LogP contribution in [0.25, 0.3) is 5.69 Å². The van der Waals surface area contributed by atoms with E-state index in [9.17, 15) is 13.2 Å². The van der Waals surface area contributed by atoms with Gasteiger partial charge in [-0.25, -0.2) is 13.8 Å². The van der Waals surface area contributed by atoms with Crippen molar-refractivity contribution in [2.75, 3.05) is 17.1 Å². The van der Waals surface area contributed by atoms with Crippen molar-refractivity contribution < 1.29 is 13.2 Å². The molecule has 0 bridgehead atoms. The highest BCUT2D eigenvalue weighted by atomic mass is 79.9. The zero-order valence-electron chi connectivity index (χ0n) is 19.3. The summed E-state index contributed by atoms with van der Waals surface area (Å²) in [4.78, 5) is 12.5. The van der Waals surface area contributed by atoms with Crippen molar-refractivity contribution >= 4 is 43.8 Å². The van der Waals surface area contributed by atoms with Crippen LogP contribution in [0.4, 0.5) is 5.69 Å². The minimum Gasteiger partial charge on any atom is -0.317 e. The molecule has 0 aliphatic rings. The van der Waals surface area contributed by atoms with Gasteiger partial charge in [-0.3, -0.25) is 9.10 Å². The zero-order valence-corrected chi connectivity index (χ0v) is 21.7. The van der Waals surface area contributed by atoms with E-state index in [0.29, 0.717) is 10.2 Å². The van der Waals surface area contributed by atoms with E-state index < -0.39 is 15.9 Å². The van der Waals surface area contributed by atoms with Gasteiger partial charge in [0.1, 0.15) is 6.54 Å². The molecule has 0 aliphatic heterocycles. The summed E-state index contributed by atoms with van der Waals surface area (Å²) in [7, 11) is -3.66. The minimum atomic E-state index is -3.66. The monoisotopic (exact) mass is 530 g/mol. The molecule has 33 heavy (non-hydrogen) atoms. The molecule has 1 amide bonds. The van der Waals surface area contributed by atoms with E-state index in [-0.39, 0.29) is 6.54 Å². The van der Waals surface area contributed by atoms with Crippen molar-refractivity contribution in [3.05, 3.63) is 81.1 Å². The van der Waals surface area contributed by atoms with E-state index in [1.54, 1.807) is 30.5 Å². The highest BCUT2D eigenvalue weighted by Gasteiger charge is 2.21. The Morgan fingerprint density at radius 3 is 2.33 bits per heavy atom. The summed E-state index contributed by atoms with van der Waals surface area (Å²) in [5.74, 6) is -0.541. The fourth-order valence-corrected chi connectivity index (χ4v) is 5.03. The molecule has 3 aromatic rings. The van der Waals surface area contributed by atoms with Gasteiger partial charge in [0.25, 0.3) is 5.91 Å². The summed E-state index contributed by atoms with van der Waals surface area (Å²) in [6.45, 7) is 7.80. The van der Waals surface area contributed by atoms with Crippen molar-refractivity contribution in [2.45, 2.75) is 27.7 Å². The van der Waals surface area contributed by atoms with Crippen LogP contribution < -0.4 is 9.73 Å². The highest BCUT2D eigenvalue weighted by Crippen LogP contribution is 2.25. The summed E-state index contributed by atoms with van der Waals surface area (Å²) in [6, 6.07) is 14.9. The van der Waals surface area contributed by atoms with E-state index in [1.807, 2.05) is 26.0 Å². The Bertz CT molecular complexity index is 1310. The molecule has 7 nitrogen and oxygen atoms in total. The van der Waals surface area contributed by atoms with Crippen LogP contribution in [0.1, 0.15) is 28.1 Å². The van der Waals surface area contributed by atoms with E-state index in [0.717, 1.165) is 33.2 Å². The predicted molar refractivity (Wildman–Crippen MR) is 137 cm³/mol. The number of hydrogen-bond donors (Lipinski definition) is 1. The minimum absolute atomic E-state index is 0.381. The van der Waals surface area contributed by atoms with Gasteiger partial charge in [0.2, 0.25) is 10.0 Å². The maximum absolute atomic E-state index is 12.5. The average Bonchev–Trinajstić information content (AvgIpc) is 2.99. The first kappa shape index (κ1) is 24.7. The maximum Gasteiger partial charge on any atom is 0.260 e. The number of carbonyl (C=O) groups is 1. The van der Waals surface area contributed by atoms with E-state index in [4.69, 9.17) is 0 Å². The molecule has 0 atom stereocenters. The molecule has 1 aromatic heterocycles. The number of nitrogens with zero attached hydrogens (tertiary/aromatic N) is 3. The number of para-hydroxylation sites is 1. The smallest absolute Gasteiger partial charge is 0.260 e. The van der Waals surface area contributed by atoms with Crippen LogP contribution in [-0.4, -0.2) is 37.9 Å². The summed E-state index contributed by atoms with van der Waals surface area (Å²) in [5, 5.41) is 4.07. The van der Waals surface area contributed by atoms with Crippen LogP contribution in [0.2, 0.25) is 0 Å². The average molecular weight is 531 g/mol. The second kappa shape index (κ2) is 9.93. The molecule has 9 heteroatoms. The molecule has 0 unspecified atom stereocenters. The highest BCUT2D eigenvalue weighted by molar-refractivity contribution is 9.10. The van der Waals surface area contributed by atoms with Crippen LogP contribution in [-0.2, 0) is 14.8 Å². The lowest BCUT2D eigenvalue weighted by Gasteiger charge is -2.21. The molecule has 3 rings (SSSR count). The Labute approximate surface area is 203 Å². The van der Waals surface area contributed by atoms with Gasteiger partial charge in [0.05, 0.1) is 23.8 Å². The first-order chi connectivity index (χ1) is 15.5. The van der Waals surface area contributed by atoms with Gasteiger partial charge >= 0.3 is 0 Å². The molecular formula is C24H27BrN4O3S. The van der Waals surface area contributed by atoms with Gasteiger partial charge in [-0.05, 0) is 63.1 Å². The van der Waals surface area contributed by atoms with Crippen LogP contribution in [0, 0.1) is 27.7 Å². The number of hydrogen-bond acceptors (Lipinski definition) is 4. The van der Waals surface area contributed by atoms with Gasteiger partial charge in [-0.1, -0.05) is 40.2 Å². The summed E-state index contributed by atoms with van der Waals surface area (Å²) in [6.07, 6.45) is 2.64. The molecule has 0 radical (unpaired) electrons. The Balaban J connectivity index is 1.78. The third kappa shape index (κ3) is 5.72. The predicted octanol–water partition coefficient (Wildman–Crippen LogP) is 4.39. The second-order valence-electron chi connectivity index (χ2n) is 7.94. The third-order valence-corrected chi connectivity index (χ3v) is 6.94. The second-order valence-corrected chi connectivity index (χ2v) is 10.8. The number of hydrazone groups is 1. The van der Waals surface area contributed by atoms with Crippen LogP contribution in [0.3, 0.4) is 0 Å². The van der Waals surface area contributed by atoms with Gasteiger partial charge < -0.3 is 4.57 Å². The van der Waals surface area contributed by atoms with Crippen LogP contribution >= 0.6 is 15.9 Å². The Morgan fingerprint density at radius 1 is 1.09 bits per heavy atom. The first-order valence-corrected chi connectivity index (χ1v) is 12.9. The number of sulfonamides is 1. The largest absolute Gasteiger partial charge is 0.317 e. The molecule has 0 fully saturated rings. The molecule has 1 heterocycles. The molecule has 0 saturated heterocycles. The van der Waals surface area contributed by atoms with E-state index in [1.165, 1.54) is 11.1 Å².